The fraction of sp³-hybridized carbons (Fsp3) is 0.276. The van der Waals surface area contributed by atoms with Gasteiger partial charge in [-0.05, 0) is 55.5 Å². The molecule has 39 heavy (non-hydrogen) atoms. The molecular weight excluding hydrogens is 514 g/mol. The van der Waals surface area contributed by atoms with E-state index >= 15 is 0 Å². The van der Waals surface area contributed by atoms with E-state index in [4.69, 9.17) is 14.2 Å². The Hall–Kier alpha value is -4.02. The minimum absolute atomic E-state index is 0.121. The highest BCUT2D eigenvalue weighted by atomic mass is 32.2. The van der Waals surface area contributed by atoms with Gasteiger partial charge in [0.15, 0.2) is 17.1 Å². The molecule has 1 atom stereocenters. The lowest BCUT2D eigenvalue weighted by atomic mass is 10.2. The van der Waals surface area contributed by atoms with Crippen molar-refractivity contribution in [3.63, 3.8) is 0 Å². The number of carbonyl (C=O) groups is 1. The predicted octanol–water partition coefficient (Wildman–Crippen LogP) is 4.98. The number of methoxy groups -OCH3 is 1. The van der Waals surface area contributed by atoms with E-state index in [1.807, 2.05) is 90.4 Å². The molecule has 5 rings (SSSR count). The molecule has 1 fully saturated rings. The Bertz CT molecular complexity index is 1370. The first-order chi connectivity index (χ1) is 19.1. The minimum atomic E-state index is -0.405. The summed E-state index contributed by atoms with van der Waals surface area (Å²) in [5, 5.41) is 12.4. The van der Waals surface area contributed by atoms with Crippen LogP contribution in [0.25, 0.3) is 5.69 Å². The molecule has 0 spiro atoms. The lowest BCUT2D eigenvalue weighted by Crippen LogP contribution is -2.36. The van der Waals surface area contributed by atoms with Crippen molar-refractivity contribution in [1.82, 2.24) is 14.8 Å². The number of hydrogen-bond acceptors (Lipinski definition) is 8. The van der Waals surface area contributed by atoms with Crippen LogP contribution in [0.15, 0.2) is 84.0 Å². The van der Waals surface area contributed by atoms with Crippen LogP contribution in [-0.2, 0) is 9.53 Å². The molecule has 1 saturated heterocycles. The van der Waals surface area contributed by atoms with Crippen LogP contribution >= 0.6 is 11.8 Å². The van der Waals surface area contributed by atoms with Gasteiger partial charge in [-0.3, -0.25) is 9.36 Å². The van der Waals surface area contributed by atoms with Crippen LogP contribution in [0.4, 0.5) is 11.4 Å². The van der Waals surface area contributed by atoms with Crippen LogP contribution in [0.5, 0.6) is 11.5 Å². The summed E-state index contributed by atoms with van der Waals surface area (Å²) in [6, 6.07) is 25.1. The normalized spacial score (nSPS) is 14.1. The molecule has 1 aromatic heterocycles. The molecule has 2 heterocycles. The zero-order valence-electron chi connectivity index (χ0n) is 21.9. The minimum Gasteiger partial charge on any atom is -0.497 e. The fourth-order valence-electron chi connectivity index (χ4n) is 4.29. The number of hydrogen-bond donors (Lipinski definition) is 1. The van der Waals surface area contributed by atoms with Gasteiger partial charge in [-0.15, -0.1) is 10.2 Å². The Balaban J connectivity index is 1.27. The largest absolute Gasteiger partial charge is 0.497 e. The summed E-state index contributed by atoms with van der Waals surface area (Å²) in [5.74, 6) is 2.07. The topological polar surface area (TPSA) is 90.7 Å². The summed E-state index contributed by atoms with van der Waals surface area (Å²) in [5.41, 5.74) is 2.77. The third kappa shape index (κ3) is 6.71. The number of carbonyl (C=O) groups excluding carboxylic acids is 1. The van der Waals surface area contributed by atoms with Crippen molar-refractivity contribution >= 4 is 29.0 Å². The molecule has 4 aromatic rings. The Morgan fingerprint density at radius 3 is 2.46 bits per heavy atom. The summed E-state index contributed by atoms with van der Waals surface area (Å²) in [7, 11) is 1.62. The maximum Gasteiger partial charge on any atom is 0.234 e. The van der Waals surface area contributed by atoms with Gasteiger partial charge < -0.3 is 24.4 Å². The van der Waals surface area contributed by atoms with Gasteiger partial charge in [0.25, 0.3) is 0 Å². The van der Waals surface area contributed by atoms with Crippen LogP contribution < -0.4 is 19.7 Å². The maximum absolute atomic E-state index is 12.8. The Labute approximate surface area is 232 Å². The summed E-state index contributed by atoms with van der Waals surface area (Å²) < 4.78 is 18.8. The third-order valence-electron chi connectivity index (χ3n) is 6.25. The number of ether oxygens (including phenoxy) is 3. The van der Waals surface area contributed by atoms with Crippen molar-refractivity contribution in [3.8, 4) is 17.2 Å². The molecule has 1 N–H and O–H groups in total. The molecule has 1 amide bonds. The van der Waals surface area contributed by atoms with Gasteiger partial charge in [-0.25, -0.2) is 0 Å². The number of thioether (sulfide) groups is 1. The molecule has 0 radical (unpaired) electrons. The molecule has 0 saturated carbocycles. The quantitative estimate of drug-likeness (QED) is 0.279. The van der Waals surface area contributed by atoms with E-state index in [9.17, 15) is 4.79 Å². The first kappa shape index (κ1) is 26.6. The summed E-state index contributed by atoms with van der Waals surface area (Å²) in [6.45, 7) is 5.13. The highest BCUT2D eigenvalue weighted by Gasteiger charge is 2.22. The zero-order chi connectivity index (χ0) is 27.0. The molecule has 0 aliphatic carbocycles. The summed E-state index contributed by atoms with van der Waals surface area (Å²) in [6.07, 6.45) is -0.405. The van der Waals surface area contributed by atoms with E-state index in [2.05, 4.69) is 20.4 Å². The number of nitrogens with one attached hydrogen (secondary N) is 1. The van der Waals surface area contributed by atoms with Crippen LogP contribution in [0.2, 0.25) is 0 Å². The predicted molar refractivity (Wildman–Crippen MR) is 152 cm³/mol. The van der Waals surface area contributed by atoms with Crippen LogP contribution in [-0.4, -0.2) is 59.8 Å². The average molecular weight is 546 g/mol. The van der Waals surface area contributed by atoms with Gasteiger partial charge in [0.1, 0.15) is 11.5 Å². The first-order valence-corrected chi connectivity index (χ1v) is 13.8. The molecule has 1 aliphatic heterocycles. The number of amides is 1. The van der Waals surface area contributed by atoms with Gasteiger partial charge in [0, 0.05) is 36.2 Å². The highest BCUT2D eigenvalue weighted by molar-refractivity contribution is 7.99. The lowest BCUT2D eigenvalue weighted by molar-refractivity contribution is -0.113. The Morgan fingerprint density at radius 2 is 1.72 bits per heavy atom. The molecule has 3 aromatic carbocycles. The number of nitrogens with zero attached hydrogens (tertiary/aromatic N) is 4. The van der Waals surface area contributed by atoms with Gasteiger partial charge in [-0.1, -0.05) is 36.0 Å². The van der Waals surface area contributed by atoms with E-state index in [1.165, 1.54) is 11.8 Å². The molecule has 0 bridgehead atoms. The van der Waals surface area contributed by atoms with Crippen LogP contribution in [0.1, 0.15) is 18.9 Å². The molecule has 1 aliphatic rings. The van der Waals surface area contributed by atoms with Crippen LogP contribution in [0.3, 0.4) is 0 Å². The third-order valence-corrected chi connectivity index (χ3v) is 7.18. The second-order valence-electron chi connectivity index (χ2n) is 8.93. The monoisotopic (exact) mass is 545 g/mol. The smallest absolute Gasteiger partial charge is 0.234 e. The number of aromatic nitrogens is 3. The van der Waals surface area contributed by atoms with E-state index in [-0.39, 0.29) is 11.7 Å². The van der Waals surface area contributed by atoms with Crippen molar-refractivity contribution in [2.45, 2.75) is 18.2 Å². The standard InChI is InChI=1S/C29H31N5O4S/c1-21(38-26-10-6-9-25(19-26)36-2)28-31-32-29(34(28)24-7-4-3-5-8-24)39-20-27(35)30-22-11-13-23(14-12-22)33-15-17-37-18-16-33/h3-14,19,21H,15-18,20H2,1-2H3,(H,30,35). The van der Waals surface area contributed by atoms with Crippen molar-refractivity contribution in [2.24, 2.45) is 0 Å². The number of para-hydroxylation sites is 1. The molecule has 202 valence electrons. The van der Waals surface area contributed by atoms with Gasteiger partial charge in [0.2, 0.25) is 5.91 Å². The van der Waals surface area contributed by atoms with Crippen molar-refractivity contribution in [2.75, 3.05) is 49.4 Å². The zero-order valence-corrected chi connectivity index (χ0v) is 22.8. The average Bonchev–Trinajstić information content (AvgIpc) is 3.42. The molecular formula is C29H31N5O4S. The maximum atomic E-state index is 12.8. The molecule has 1 unspecified atom stereocenters. The van der Waals surface area contributed by atoms with Gasteiger partial charge in [-0.2, -0.15) is 0 Å². The van der Waals surface area contributed by atoms with E-state index in [0.717, 1.165) is 43.4 Å². The highest BCUT2D eigenvalue weighted by Crippen LogP contribution is 2.29. The summed E-state index contributed by atoms with van der Waals surface area (Å²) in [4.78, 5) is 15.1. The number of anilines is 2. The SMILES string of the molecule is COc1cccc(OC(C)c2nnc(SCC(=O)Nc3ccc(N4CCOCC4)cc3)n2-c2ccccc2)c1. The number of morpholine rings is 1. The Kier molecular flexibility index (Phi) is 8.65. The second kappa shape index (κ2) is 12.7. The van der Waals surface area contributed by atoms with Gasteiger partial charge >= 0.3 is 0 Å². The summed E-state index contributed by atoms with van der Waals surface area (Å²) >= 11 is 1.33. The lowest BCUT2D eigenvalue weighted by Gasteiger charge is -2.28. The van der Waals surface area contributed by atoms with Crippen LogP contribution in [0, 0.1) is 0 Å². The van der Waals surface area contributed by atoms with Crippen molar-refractivity contribution in [1.29, 1.82) is 0 Å². The van der Waals surface area contributed by atoms with Gasteiger partial charge in [0.05, 0.1) is 26.1 Å². The van der Waals surface area contributed by atoms with E-state index in [1.54, 1.807) is 7.11 Å². The molecule has 10 heteroatoms. The van der Waals surface area contributed by atoms with E-state index in [0.29, 0.717) is 22.5 Å². The molecule has 9 nitrogen and oxygen atoms in total. The second-order valence-corrected chi connectivity index (χ2v) is 9.88. The van der Waals surface area contributed by atoms with E-state index < -0.39 is 6.10 Å². The van der Waals surface area contributed by atoms with Crippen molar-refractivity contribution < 1.29 is 19.0 Å². The Morgan fingerprint density at radius 1 is 0.974 bits per heavy atom. The fourth-order valence-corrected chi connectivity index (χ4v) is 5.05. The first-order valence-electron chi connectivity index (χ1n) is 12.8. The van der Waals surface area contributed by atoms with Crippen molar-refractivity contribution in [3.05, 3.63) is 84.7 Å². The number of rotatable bonds is 10. The number of benzene rings is 3.